The Hall–Kier alpha value is -3.58. The summed E-state index contributed by atoms with van der Waals surface area (Å²) in [5.41, 5.74) is 7.75. The first-order chi connectivity index (χ1) is 15.6. The molecule has 162 valence electrons. The van der Waals surface area contributed by atoms with Crippen molar-refractivity contribution in [1.82, 2.24) is 15.0 Å². The first-order valence-corrected chi connectivity index (χ1v) is 11.2. The SMILES string of the molecule is COc1ccccc1/C=N\NC(=O)CSc1nc2ccccc2n1Cc1ccc(C)cc1. The van der Waals surface area contributed by atoms with Crippen LogP contribution in [0.25, 0.3) is 11.0 Å². The number of fused-ring (bicyclic) bond motifs is 1. The zero-order valence-electron chi connectivity index (χ0n) is 18.0. The Morgan fingerprint density at radius 3 is 2.66 bits per heavy atom. The number of carbonyl (C=O) groups is 1. The summed E-state index contributed by atoms with van der Waals surface area (Å²) in [4.78, 5) is 17.1. The van der Waals surface area contributed by atoms with Crippen molar-refractivity contribution in [3.63, 3.8) is 0 Å². The number of nitrogens with zero attached hydrogens (tertiary/aromatic N) is 3. The molecule has 1 amide bonds. The highest BCUT2D eigenvalue weighted by Crippen LogP contribution is 2.25. The predicted molar refractivity (Wildman–Crippen MR) is 129 cm³/mol. The highest BCUT2D eigenvalue weighted by molar-refractivity contribution is 7.99. The van der Waals surface area contributed by atoms with Crippen molar-refractivity contribution in [2.45, 2.75) is 18.6 Å². The van der Waals surface area contributed by atoms with Crippen LogP contribution in [0.4, 0.5) is 0 Å². The number of ether oxygens (including phenoxy) is 1. The van der Waals surface area contributed by atoms with Crippen LogP contribution in [0.1, 0.15) is 16.7 Å². The molecular weight excluding hydrogens is 420 g/mol. The number of hydrogen-bond acceptors (Lipinski definition) is 5. The number of amides is 1. The largest absolute Gasteiger partial charge is 0.496 e. The second-order valence-electron chi connectivity index (χ2n) is 7.28. The second-order valence-corrected chi connectivity index (χ2v) is 8.22. The molecular formula is C25H24N4O2S. The number of benzene rings is 3. The van der Waals surface area contributed by atoms with Crippen molar-refractivity contribution in [3.05, 3.63) is 89.5 Å². The minimum atomic E-state index is -0.199. The molecule has 0 aliphatic carbocycles. The number of carbonyl (C=O) groups excluding carboxylic acids is 1. The Morgan fingerprint density at radius 2 is 1.84 bits per heavy atom. The van der Waals surface area contributed by atoms with E-state index in [-0.39, 0.29) is 11.7 Å². The molecule has 32 heavy (non-hydrogen) atoms. The molecule has 0 aliphatic rings. The predicted octanol–water partition coefficient (Wildman–Crippen LogP) is 4.64. The molecule has 0 aliphatic heterocycles. The van der Waals surface area contributed by atoms with Crippen molar-refractivity contribution >= 4 is 34.9 Å². The number of rotatable bonds is 8. The van der Waals surface area contributed by atoms with Crippen LogP contribution in [-0.4, -0.2) is 34.5 Å². The molecule has 1 heterocycles. The van der Waals surface area contributed by atoms with Crippen molar-refractivity contribution < 1.29 is 9.53 Å². The highest BCUT2D eigenvalue weighted by atomic mass is 32.2. The lowest BCUT2D eigenvalue weighted by atomic mass is 10.1. The maximum absolute atomic E-state index is 12.4. The summed E-state index contributed by atoms with van der Waals surface area (Å²) in [6.45, 7) is 2.77. The number of imidazole rings is 1. The Labute approximate surface area is 191 Å². The fourth-order valence-corrected chi connectivity index (χ4v) is 4.11. The van der Waals surface area contributed by atoms with Crippen molar-refractivity contribution in [2.75, 3.05) is 12.9 Å². The second kappa shape index (κ2) is 10.2. The summed E-state index contributed by atoms with van der Waals surface area (Å²) >= 11 is 1.40. The minimum Gasteiger partial charge on any atom is -0.496 e. The van der Waals surface area contributed by atoms with Gasteiger partial charge in [0.05, 0.1) is 36.7 Å². The van der Waals surface area contributed by atoms with Gasteiger partial charge in [-0.1, -0.05) is 65.9 Å². The van der Waals surface area contributed by atoms with Crippen LogP contribution < -0.4 is 10.2 Å². The topological polar surface area (TPSA) is 68.5 Å². The Bertz CT molecular complexity index is 1250. The van der Waals surface area contributed by atoms with E-state index in [1.807, 2.05) is 42.5 Å². The Balaban J connectivity index is 1.45. The number of hydrazone groups is 1. The number of aromatic nitrogens is 2. The van der Waals surface area contributed by atoms with Crippen LogP contribution >= 0.6 is 11.8 Å². The molecule has 1 N–H and O–H groups in total. The first kappa shape index (κ1) is 21.6. The molecule has 1 aromatic heterocycles. The van der Waals surface area contributed by atoms with Gasteiger partial charge in [0.15, 0.2) is 5.16 Å². The van der Waals surface area contributed by atoms with Crippen LogP contribution in [0.3, 0.4) is 0 Å². The maximum Gasteiger partial charge on any atom is 0.250 e. The first-order valence-electron chi connectivity index (χ1n) is 10.2. The molecule has 0 radical (unpaired) electrons. The standard InChI is InChI=1S/C25H24N4O2S/c1-18-11-13-19(14-12-18)16-29-22-9-5-4-8-21(22)27-25(29)32-17-24(30)28-26-15-20-7-3-6-10-23(20)31-2/h3-15H,16-17H2,1-2H3,(H,28,30)/b26-15-. The van der Waals surface area contributed by atoms with Crippen molar-refractivity contribution in [2.24, 2.45) is 5.10 Å². The van der Waals surface area contributed by atoms with E-state index in [4.69, 9.17) is 9.72 Å². The maximum atomic E-state index is 12.4. The van der Waals surface area contributed by atoms with E-state index in [0.29, 0.717) is 12.3 Å². The molecule has 6 nitrogen and oxygen atoms in total. The summed E-state index contributed by atoms with van der Waals surface area (Å²) in [5, 5.41) is 4.86. The molecule has 0 unspecified atom stereocenters. The monoisotopic (exact) mass is 444 g/mol. The van der Waals surface area contributed by atoms with Crippen LogP contribution in [0.15, 0.2) is 83.1 Å². The van der Waals surface area contributed by atoms with Gasteiger partial charge in [-0.3, -0.25) is 4.79 Å². The van der Waals surface area contributed by atoms with Gasteiger partial charge in [-0.2, -0.15) is 5.10 Å². The highest BCUT2D eigenvalue weighted by Gasteiger charge is 2.13. The quantitative estimate of drug-likeness (QED) is 0.244. The Kier molecular flexibility index (Phi) is 6.87. The third-order valence-electron chi connectivity index (χ3n) is 4.94. The number of nitrogens with one attached hydrogen (secondary N) is 1. The van der Waals surface area contributed by atoms with Gasteiger partial charge in [0, 0.05) is 5.56 Å². The summed E-state index contributed by atoms with van der Waals surface area (Å²) in [5.74, 6) is 0.709. The molecule has 0 saturated heterocycles. The number of methoxy groups -OCH3 is 1. The lowest BCUT2D eigenvalue weighted by Crippen LogP contribution is -2.20. The van der Waals surface area contributed by atoms with Crippen molar-refractivity contribution in [3.8, 4) is 5.75 Å². The van der Waals surface area contributed by atoms with E-state index in [9.17, 15) is 4.79 Å². The summed E-state index contributed by atoms with van der Waals surface area (Å²) in [7, 11) is 1.60. The minimum absolute atomic E-state index is 0.199. The van der Waals surface area contributed by atoms with Crippen LogP contribution in [0.5, 0.6) is 5.75 Å². The average Bonchev–Trinajstić information content (AvgIpc) is 3.17. The molecule has 4 rings (SSSR count). The van der Waals surface area contributed by atoms with E-state index < -0.39 is 0 Å². The van der Waals surface area contributed by atoms with Gasteiger partial charge in [0.25, 0.3) is 5.91 Å². The van der Waals surface area contributed by atoms with Crippen molar-refractivity contribution in [1.29, 1.82) is 0 Å². The molecule has 0 bridgehead atoms. The van der Waals surface area contributed by atoms with Gasteiger partial charge in [0.2, 0.25) is 0 Å². The molecule has 0 saturated carbocycles. The third-order valence-corrected chi connectivity index (χ3v) is 5.92. The lowest BCUT2D eigenvalue weighted by Gasteiger charge is -2.09. The molecule has 7 heteroatoms. The summed E-state index contributed by atoms with van der Waals surface area (Å²) in [6, 6.07) is 24.0. The zero-order valence-corrected chi connectivity index (χ0v) is 18.8. The number of para-hydroxylation sites is 3. The van der Waals surface area contributed by atoms with Gasteiger partial charge in [-0.15, -0.1) is 0 Å². The molecule has 0 atom stereocenters. The normalized spacial score (nSPS) is 11.2. The van der Waals surface area contributed by atoms with E-state index in [1.54, 1.807) is 13.3 Å². The Morgan fingerprint density at radius 1 is 1.09 bits per heavy atom. The van der Waals surface area contributed by atoms with Gasteiger partial charge in [-0.25, -0.2) is 10.4 Å². The molecule has 4 aromatic rings. The number of aryl methyl sites for hydroxylation is 1. The van der Waals surface area contributed by atoms with Crippen LogP contribution in [-0.2, 0) is 11.3 Å². The van der Waals surface area contributed by atoms with E-state index in [1.165, 1.54) is 22.9 Å². The fraction of sp³-hybridized carbons (Fsp3) is 0.160. The van der Waals surface area contributed by atoms with Crippen LogP contribution in [0.2, 0.25) is 0 Å². The third kappa shape index (κ3) is 5.18. The molecule has 3 aromatic carbocycles. The smallest absolute Gasteiger partial charge is 0.250 e. The van der Waals surface area contributed by atoms with E-state index in [0.717, 1.165) is 21.8 Å². The van der Waals surface area contributed by atoms with E-state index >= 15 is 0 Å². The summed E-state index contributed by atoms with van der Waals surface area (Å²) < 4.78 is 7.44. The molecule has 0 spiro atoms. The molecule has 0 fully saturated rings. The van der Waals surface area contributed by atoms with E-state index in [2.05, 4.69) is 52.3 Å². The number of hydrogen-bond donors (Lipinski definition) is 1. The van der Waals surface area contributed by atoms with Gasteiger partial charge < -0.3 is 9.30 Å². The zero-order chi connectivity index (χ0) is 22.3. The lowest BCUT2D eigenvalue weighted by molar-refractivity contribution is -0.118. The van der Waals surface area contributed by atoms with Gasteiger partial charge in [0.1, 0.15) is 5.75 Å². The summed E-state index contributed by atoms with van der Waals surface area (Å²) in [6.07, 6.45) is 1.58. The fourth-order valence-electron chi connectivity index (χ4n) is 3.30. The number of thioether (sulfide) groups is 1. The van der Waals surface area contributed by atoms with Gasteiger partial charge in [-0.05, 0) is 36.8 Å². The van der Waals surface area contributed by atoms with Crippen LogP contribution in [0, 0.1) is 6.92 Å². The average molecular weight is 445 g/mol. The van der Waals surface area contributed by atoms with Gasteiger partial charge >= 0.3 is 0 Å².